The van der Waals surface area contributed by atoms with Crippen LogP contribution in [0, 0.1) is 0 Å². The van der Waals surface area contributed by atoms with E-state index < -0.39 is 17.6 Å². The molecule has 1 amide bonds. The largest absolute Gasteiger partial charge is 0.480 e. The summed E-state index contributed by atoms with van der Waals surface area (Å²) in [5, 5.41) is 21.4. The Kier molecular flexibility index (Phi) is 5.95. The summed E-state index contributed by atoms with van der Waals surface area (Å²) in [6.07, 6.45) is 4.21. The molecule has 0 spiro atoms. The molecule has 5 nitrogen and oxygen atoms in total. The smallest absolute Gasteiger partial charge is 0.326 e. The summed E-state index contributed by atoms with van der Waals surface area (Å²) in [5.41, 5.74) is -0.558. The first-order chi connectivity index (χ1) is 8.43. The number of carboxylic acids is 1. The minimum Gasteiger partial charge on any atom is -0.480 e. The van der Waals surface area contributed by atoms with Crippen LogP contribution in [-0.2, 0) is 9.59 Å². The monoisotopic (exact) mass is 275 g/mol. The normalized spacial score (nSPS) is 19.4. The SMILES string of the molecule is CC(=O)NC(CCSCC1(O)CCCC1)C(=O)O. The molecular weight excluding hydrogens is 254 g/mol. The first kappa shape index (κ1) is 15.3. The van der Waals surface area contributed by atoms with Gasteiger partial charge in [0.05, 0.1) is 5.60 Å². The van der Waals surface area contributed by atoms with Crippen molar-refractivity contribution in [3.8, 4) is 0 Å². The van der Waals surface area contributed by atoms with E-state index in [2.05, 4.69) is 5.32 Å². The van der Waals surface area contributed by atoms with Gasteiger partial charge in [-0.05, 0) is 25.0 Å². The molecule has 1 aliphatic carbocycles. The summed E-state index contributed by atoms with van der Waals surface area (Å²) < 4.78 is 0. The minimum atomic E-state index is -1.01. The third kappa shape index (κ3) is 5.27. The second-order valence-electron chi connectivity index (χ2n) is 4.86. The van der Waals surface area contributed by atoms with E-state index in [1.165, 1.54) is 6.92 Å². The molecular formula is C12H21NO4S. The zero-order valence-corrected chi connectivity index (χ0v) is 11.5. The van der Waals surface area contributed by atoms with Crippen molar-refractivity contribution in [3.63, 3.8) is 0 Å². The Morgan fingerprint density at radius 3 is 2.50 bits per heavy atom. The number of carbonyl (C=O) groups excluding carboxylic acids is 1. The Bertz CT molecular complexity index is 302. The molecule has 0 saturated heterocycles. The van der Waals surface area contributed by atoms with E-state index in [1.807, 2.05) is 0 Å². The van der Waals surface area contributed by atoms with E-state index in [0.717, 1.165) is 25.7 Å². The number of nitrogens with one attached hydrogen (secondary N) is 1. The molecule has 3 N–H and O–H groups in total. The minimum absolute atomic E-state index is 0.332. The molecule has 6 heteroatoms. The predicted octanol–water partition coefficient (Wildman–Crippen LogP) is 1.00. The van der Waals surface area contributed by atoms with Gasteiger partial charge in [0, 0.05) is 12.7 Å². The van der Waals surface area contributed by atoms with Gasteiger partial charge in [-0.25, -0.2) is 4.79 Å². The molecule has 1 aliphatic rings. The average Bonchev–Trinajstić information content (AvgIpc) is 2.69. The number of hydrogen-bond acceptors (Lipinski definition) is 4. The van der Waals surface area contributed by atoms with Gasteiger partial charge in [-0.1, -0.05) is 12.8 Å². The van der Waals surface area contributed by atoms with Crippen LogP contribution in [0.4, 0.5) is 0 Å². The molecule has 0 bridgehead atoms. The number of carbonyl (C=O) groups is 2. The maximum absolute atomic E-state index is 10.9. The summed E-state index contributed by atoms with van der Waals surface area (Å²) in [7, 11) is 0. The molecule has 0 heterocycles. The van der Waals surface area contributed by atoms with Crippen LogP contribution in [0.5, 0.6) is 0 Å². The van der Waals surface area contributed by atoms with Crippen molar-refractivity contribution in [2.24, 2.45) is 0 Å². The average molecular weight is 275 g/mol. The molecule has 0 aromatic carbocycles. The second kappa shape index (κ2) is 6.99. The fourth-order valence-electron chi connectivity index (χ4n) is 2.14. The summed E-state index contributed by atoms with van der Waals surface area (Å²) in [6.45, 7) is 1.31. The van der Waals surface area contributed by atoms with Crippen molar-refractivity contribution >= 4 is 23.6 Å². The van der Waals surface area contributed by atoms with Crippen LogP contribution in [0.2, 0.25) is 0 Å². The number of carboxylic acid groups (broad SMARTS) is 1. The fourth-order valence-corrected chi connectivity index (χ4v) is 3.36. The van der Waals surface area contributed by atoms with Crippen molar-refractivity contribution < 1.29 is 19.8 Å². The van der Waals surface area contributed by atoms with Gasteiger partial charge in [-0.3, -0.25) is 4.79 Å². The lowest BCUT2D eigenvalue weighted by atomic mass is 10.1. The van der Waals surface area contributed by atoms with E-state index >= 15 is 0 Å². The van der Waals surface area contributed by atoms with Gasteiger partial charge >= 0.3 is 5.97 Å². The summed E-state index contributed by atoms with van der Waals surface area (Å²) in [4.78, 5) is 21.7. The summed E-state index contributed by atoms with van der Waals surface area (Å²) in [5.74, 6) is -0.0638. The fraction of sp³-hybridized carbons (Fsp3) is 0.833. The second-order valence-corrected chi connectivity index (χ2v) is 5.97. The highest BCUT2D eigenvalue weighted by atomic mass is 32.2. The van der Waals surface area contributed by atoms with E-state index in [0.29, 0.717) is 17.9 Å². The third-order valence-electron chi connectivity index (χ3n) is 3.13. The number of thioether (sulfide) groups is 1. The Balaban J connectivity index is 2.22. The van der Waals surface area contributed by atoms with Crippen LogP contribution in [-0.4, -0.2) is 45.2 Å². The van der Waals surface area contributed by atoms with Crippen LogP contribution in [0.3, 0.4) is 0 Å². The topological polar surface area (TPSA) is 86.6 Å². The lowest BCUT2D eigenvalue weighted by Gasteiger charge is -2.21. The van der Waals surface area contributed by atoms with Gasteiger partial charge in [-0.15, -0.1) is 0 Å². The Labute approximate surface area is 111 Å². The molecule has 1 unspecified atom stereocenters. The first-order valence-corrected chi connectivity index (χ1v) is 7.38. The molecule has 18 heavy (non-hydrogen) atoms. The van der Waals surface area contributed by atoms with Gasteiger partial charge < -0.3 is 15.5 Å². The van der Waals surface area contributed by atoms with E-state index in [1.54, 1.807) is 11.8 Å². The van der Waals surface area contributed by atoms with Crippen LogP contribution in [0.15, 0.2) is 0 Å². The lowest BCUT2D eigenvalue weighted by molar-refractivity contribution is -0.141. The van der Waals surface area contributed by atoms with Crippen molar-refractivity contribution in [1.82, 2.24) is 5.32 Å². The Morgan fingerprint density at radius 1 is 1.39 bits per heavy atom. The molecule has 1 saturated carbocycles. The van der Waals surface area contributed by atoms with Crippen LogP contribution in [0.1, 0.15) is 39.0 Å². The zero-order valence-electron chi connectivity index (χ0n) is 10.6. The van der Waals surface area contributed by atoms with Crippen molar-refractivity contribution in [2.45, 2.75) is 50.7 Å². The molecule has 1 fully saturated rings. The van der Waals surface area contributed by atoms with Crippen molar-refractivity contribution in [1.29, 1.82) is 0 Å². The van der Waals surface area contributed by atoms with Crippen LogP contribution >= 0.6 is 11.8 Å². The summed E-state index contributed by atoms with van der Waals surface area (Å²) in [6, 6.07) is -0.826. The zero-order chi connectivity index (χ0) is 13.6. The van der Waals surface area contributed by atoms with Gasteiger partial charge in [-0.2, -0.15) is 11.8 Å². The van der Waals surface area contributed by atoms with Crippen molar-refractivity contribution in [2.75, 3.05) is 11.5 Å². The molecule has 1 rings (SSSR count). The standard InChI is InChI=1S/C12H21NO4S/c1-9(14)13-10(11(15)16)4-7-18-8-12(17)5-2-3-6-12/h10,17H,2-8H2,1H3,(H,13,14)(H,15,16). The van der Waals surface area contributed by atoms with Gasteiger partial charge in [0.25, 0.3) is 0 Å². The maximum Gasteiger partial charge on any atom is 0.326 e. The van der Waals surface area contributed by atoms with E-state index in [9.17, 15) is 14.7 Å². The van der Waals surface area contributed by atoms with Gasteiger partial charge in [0.1, 0.15) is 6.04 Å². The van der Waals surface area contributed by atoms with Crippen LogP contribution < -0.4 is 5.32 Å². The highest BCUT2D eigenvalue weighted by Gasteiger charge is 2.30. The first-order valence-electron chi connectivity index (χ1n) is 6.23. The molecule has 0 aliphatic heterocycles. The number of aliphatic carboxylic acids is 1. The number of amides is 1. The quantitative estimate of drug-likeness (QED) is 0.604. The molecule has 104 valence electrons. The Hall–Kier alpha value is -0.750. The number of aliphatic hydroxyl groups is 1. The number of rotatable bonds is 7. The molecule has 0 aromatic rings. The molecule has 0 aromatic heterocycles. The van der Waals surface area contributed by atoms with Gasteiger partial charge in [0.2, 0.25) is 5.91 Å². The van der Waals surface area contributed by atoms with Crippen LogP contribution in [0.25, 0.3) is 0 Å². The number of hydrogen-bond donors (Lipinski definition) is 3. The molecule has 0 radical (unpaired) electrons. The van der Waals surface area contributed by atoms with Crippen molar-refractivity contribution in [3.05, 3.63) is 0 Å². The Morgan fingerprint density at radius 2 is 2.00 bits per heavy atom. The highest BCUT2D eigenvalue weighted by Crippen LogP contribution is 2.32. The van der Waals surface area contributed by atoms with Gasteiger partial charge in [0.15, 0.2) is 0 Å². The van der Waals surface area contributed by atoms with E-state index in [-0.39, 0.29) is 5.91 Å². The summed E-state index contributed by atoms with van der Waals surface area (Å²) >= 11 is 1.56. The van der Waals surface area contributed by atoms with E-state index in [4.69, 9.17) is 5.11 Å². The maximum atomic E-state index is 10.9. The predicted molar refractivity (Wildman–Crippen MR) is 70.6 cm³/mol. The molecule has 1 atom stereocenters. The lowest BCUT2D eigenvalue weighted by Crippen LogP contribution is -2.40. The highest BCUT2D eigenvalue weighted by molar-refractivity contribution is 7.99. The third-order valence-corrected chi connectivity index (χ3v) is 4.40.